The summed E-state index contributed by atoms with van der Waals surface area (Å²) in [5.74, 6) is -0.0353. The molecule has 0 saturated carbocycles. The van der Waals surface area contributed by atoms with E-state index >= 15 is 0 Å². The summed E-state index contributed by atoms with van der Waals surface area (Å²) in [6.45, 7) is 8.02. The molecular weight excluding hydrogens is 306 g/mol. The summed E-state index contributed by atoms with van der Waals surface area (Å²) in [5.41, 5.74) is 2.43. The number of hydrogen-bond acceptors (Lipinski definition) is 4. The molecule has 6 heteroatoms. The largest absolute Gasteiger partial charge is 0.338 e. The first-order chi connectivity index (χ1) is 11.3. The van der Waals surface area contributed by atoms with Gasteiger partial charge in [0.1, 0.15) is 6.04 Å². The highest BCUT2D eigenvalue weighted by molar-refractivity contribution is 6.12. The number of aromatic nitrogens is 1. The molecule has 24 heavy (non-hydrogen) atoms. The highest BCUT2D eigenvalue weighted by Gasteiger charge is 2.42. The quantitative estimate of drug-likeness (QED) is 0.879. The Morgan fingerprint density at radius 1 is 1.29 bits per heavy atom. The SMILES string of the molecule is Cc1ccc(N2C(=O)C[C@H]2C(=O)Nc2cc(C(C)(C)C)no2)cc1. The lowest BCUT2D eigenvalue weighted by molar-refractivity contribution is -0.131. The summed E-state index contributed by atoms with van der Waals surface area (Å²) in [5, 5.41) is 6.68. The van der Waals surface area contributed by atoms with Crippen LogP contribution in [0.5, 0.6) is 0 Å². The minimum absolute atomic E-state index is 0.0630. The lowest BCUT2D eigenvalue weighted by atomic mass is 9.92. The molecule has 2 amide bonds. The van der Waals surface area contributed by atoms with Crippen molar-refractivity contribution in [3.05, 3.63) is 41.6 Å². The van der Waals surface area contributed by atoms with E-state index in [1.807, 2.05) is 52.0 Å². The predicted octanol–water partition coefficient (Wildman–Crippen LogP) is 3.02. The van der Waals surface area contributed by atoms with Crippen LogP contribution in [-0.4, -0.2) is 23.0 Å². The fraction of sp³-hybridized carbons (Fsp3) is 0.389. The zero-order valence-electron chi connectivity index (χ0n) is 14.3. The Morgan fingerprint density at radius 2 is 1.96 bits per heavy atom. The van der Waals surface area contributed by atoms with Crippen LogP contribution in [0.3, 0.4) is 0 Å². The third kappa shape index (κ3) is 3.04. The molecule has 0 radical (unpaired) electrons. The number of carbonyl (C=O) groups is 2. The van der Waals surface area contributed by atoms with Gasteiger partial charge in [-0.3, -0.25) is 19.8 Å². The molecule has 1 N–H and O–H groups in total. The van der Waals surface area contributed by atoms with Crippen LogP contribution in [0.2, 0.25) is 0 Å². The van der Waals surface area contributed by atoms with Gasteiger partial charge >= 0.3 is 0 Å². The molecule has 126 valence electrons. The second-order valence-corrected chi connectivity index (χ2v) is 7.13. The normalized spacial score (nSPS) is 17.6. The van der Waals surface area contributed by atoms with Gasteiger partial charge in [-0.25, -0.2) is 0 Å². The molecule has 2 heterocycles. The molecule has 1 saturated heterocycles. The summed E-state index contributed by atoms with van der Waals surface area (Å²) < 4.78 is 5.18. The van der Waals surface area contributed by atoms with E-state index in [9.17, 15) is 9.59 Å². The van der Waals surface area contributed by atoms with Crippen molar-refractivity contribution in [2.45, 2.75) is 45.6 Å². The summed E-state index contributed by atoms with van der Waals surface area (Å²) in [4.78, 5) is 25.9. The maximum Gasteiger partial charge on any atom is 0.250 e. The van der Waals surface area contributed by atoms with E-state index in [2.05, 4.69) is 10.5 Å². The number of aryl methyl sites for hydroxylation is 1. The maximum absolute atomic E-state index is 12.5. The van der Waals surface area contributed by atoms with Crippen LogP contribution in [0.1, 0.15) is 38.4 Å². The zero-order chi connectivity index (χ0) is 17.5. The molecule has 6 nitrogen and oxygen atoms in total. The summed E-state index contributed by atoms with van der Waals surface area (Å²) in [6.07, 6.45) is 0.194. The first kappa shape index (κ1) is 16.2. The summed E-state index contributed by atoms with van der Waals surface area (Å²) in [6, 6.07) is 8.72. The van der Waals surface area contributed by atoms with Gasteiger partial charge in [0.15, 0.2) is 0 Å². The van der Waals surface area contributed by atoms with Gasteiger partial charge in [-0.05, 0) is 19.1 Å². The number of carbonyl (C=O) groups excluding carboxylic acids is 2. The Kier molecular flexibility index (Phi) is 3.91. The van der Waals surface area contributed by atoms with Crippen LogP contribution in [0, 0.1) is 6.92 Å². The number of rotatable bonds is 3. The van der Waals surface area contributed by atoms with Gasteiger partial charge in [0.05, 0.1) is 12.1 Å². The van der Waals surface area contributed by atoms with E-state index in [-0.39, 0.29) is 23.7 Å². The fourth-order valence-corrected chi connectivity index (χ4v) is 2.55. The number of anilines is 2. The third-order valence-corrected chi connectivity index (χ3v) is 4.09. The van der Waals surface area contributed by atoms with Gasteiger partial charge in [-0.1, -0.05) is 43.6 Å². The number of hydrogen-bond donors (Lipinski definition) is 1. The Hall–Kier alpha value is -2.63. The van der Waals surface area contributed by atoms with Crippen LogP contribution >= 0.6 is 0 Å². The van der Waals surface area contributed by atoms with Gasteiger partial charge in [0, 0.05) is 17.2 Å². The smallest absolute Gasteiger partial charge is 0.250 e. The Morgan fingerprint density at radius 3 is 2.50 bits per heavy atom. The van der Waals surface area contributed by atoms with Crippen molar-refractivity contribution in [1.29, 1.82) is 0 Å². The maximum atomic E-state index is 12.5. The molecule has 1 fully saturated rings. The van der Waals surface area contributed by atoms with Crippen molar-refractivity contribution in [2.24, 2.45) is 0 Å². The van der Waals surface area contributed by atoms with E-state index in [0.717, 1.165) is 16.9 Å². The van der Waals surface area contributed by atoms with Crippen LogP contribution in [-0.2, 0) is 15.0 Å². The molecule has 1 aromatic heterocycles. The van der Waals surface area contributed by atoms with E-state index in [0.29, 0.717) is 5.88 Å². The Bertz CT molecular complexity index is 772. The number of nitrogens with one attached hydrogen (secondary N) is 1. The predicted molar refractivity (Wildman–Crippen MR) is 90.9 cm³/mol. The van der Waals surface area contributed by atoms with Crippen molar-refractivity contribution < 1.29 is 14.1 Å². The molecule has 3 rings (SSSR count). The van der Waals surface area contributed by atoms with Crippen LogP contribution < -0.4 is 10.2 Å². The first-order valence-electron chi connectivity index (χ1n) is 7.92. The third-order valence-electron chi connectivity index (χ3n) is 4.09. The molecule has 1 aromatic carbocycles. The van der Waals surface area contributed by atoms with Crippen LogP contribution in [0.25, 0.3) is 0 Å². The van der Waals surface area contributed by atoms with Crippen LogP contribution in [0.15, 0.2) is 34.9 Å². The monoisotopic (exact) mass is 327 g/mol. The lowest BCUT2D eigenvalue weighted by Crippen LogP contribution is -2.58. The highest BCUT2D eigenvalue weighted by Crippen LogP contribution is 2.29. The van der Waals surface area contributed by atoms with E-state index in [4.69, 9.17) is 4.52 Å². The molecule has 0 bridgehead atoms. The average molecular weight is 327 g/mol. The van der Waals surface area contributed by atoms with E-state index in [1.165, 1.54) is 4.90 Å². The summed E-state index contributed by atoms with van der Waals surface area (Å²) >= 11 is 0. The molecule has 1 atom stereocenters. The second kappa shape index (κ2) is 5.78. The van der Waals surface area contributed by atoms with Gasteiger partial charge in [0.2, 0.25) is 17.7 Å². The number of β-lactam (4-membered cyclic amide) rings is 1. The minimum atomic E-state index is -0.525. The second-order valence-electron chi connectivity index (χ2n) is 7.13. The first-order valence-corrected chi connectivity index (χ1v) is 7.92. The van der Waals surface area contributed by atoms with Crippen molar-refractivity contribution in [3.63, 3.8) is 0 Å². The average Bonchev–Trinajstić information content (AvgIpc) is 2.95. The van der Waals surface area contributed by atoms with Crippen molar-refractivity contribution in [2.75, 3.05) is 10.2 Å². The van der Waals surface area contributed by atoms with Gasteiger partial charge in [0.25, 0.3) is 0 Å². The molecule has 0 aliphatic carbocycles. The zero-order valence-corrected chi connectivity index (χ0v) is 14.3. The van der Waals surface area contributed by atoms with Crippen molar-refractivity contribution in [3.8, 4) is 0 Å². The number of benzene rings is 1. The molecular formula is C18H21N3O3. The minimum Gasteiger partial charge on any atom is -0.338 e. The van der Waals surface area contributed by atoms with Gasteiger partial charge < -0.3 is 4.52 Å². The fourth-order valence-electron chi connectivity index (χ4n) is 2.55. The van der Waals surface area contributed by atoms with Crippen molar-refractivity contribution in [1.82, 2.24) is 5.16 Å². The number of nitrogens with zero attached hydrogens (tertiary/aromatic N) is 2. The van der Waals surface area contributed by atoms with E-state index in [1.54, 1.807) is 6.07 Å². The molecule has 0 unspecified atom stereocenters. The van der Waals surface area contributed by atoms with Gasteiger partial charge in [-0.2, -0.15) is 0 Å². The summed E-state index contributed by atoms with van der Waals surface area (Å²) in [7, 11) is 0. The Labute approximate surface area is 140 Å². The lowest BCUT2D eigenvalue weighted by Gasteiger charge is -2.38. The molecule has 1 aliphatic rings. The molecule has 1 aliphatic heterocycles. The van der Waals surface area contributed by atoms with E-state index < -0.39 is 6.04 Å². The van der Waals surface area contributed by atoms with Crippen molar-refractivity contribution >= 4 is 23.4 Å². The Balaban J connectivity index is 1.72. The molecule has 0 spiro atoms. The van der Waals surface area contributed by atoms with Crippen LogP contribution in [0.4, 0.5) is 11.6 Å². The topological polar surface area (TPSA) is 75.4 Å². The molecule has 2 aromatic rings. The standard InChI is InChI=1S/C18H21N3O3/c1-11-5-7-12(8-6-11)21-13(9-16(21)22)17(23)19-15-10-14(20-24-15)18(2,3)4/h5-8,10,13H,9H2,1-4H3,(H,19,23)/t13-/m0/s1. The highest BCUT2D eigenvalue weighted by atomic mass is 16.5. The van der Waals surface area contributed by atoms with Gasteiger partial charge in [-0.15, -0.1) is 0 Å². The number of amides is 2.